The van der Waals surface area contributed by atoms with Crippen molar-refractivity contribution in [3.8, 4) is 0 Å². The van der Waals surface area contributed by atoms with Gasteiger partial charge in [0.25, 0.3) is 0 Å². The van der Waals surface area contributed by atoms with E-state index in [-0.39, 0.29) is 6.04 Å². The predicted molar refractivity (Wildman–Crippen MR) is 43.9 cm³/mol. The van der Waals surface area contributed by atoms with Crippen LogP contribution < -0.4 is 5.73 Å². The zero-order valence-electron chi connectivity index (χ0n) is 6.70. The molecule has 0 spiro atoms. The highest BCUT2D eigenvalue weighted by molar-refractivity contribution is 5.03. The number of hydrogen-bond donors (Lipinski definition) is 1. The molecule has 0 saturated heterocycles. The minimum Gasteiger partial charge on any atom is -0.323 e. The van der Waals surface area contributed by atoms with Gasteiger partial charge in [0, 0.05) is 12.2 Å². The molecule has 1 aromatic heterocycles. The van der Waals surface area contributed by atoms with Gasteiger partial charge in [-0.05, 0) is 18.6 Å². The maximum absolute atomic E-state index is 5.80. The highest BCUT2D eigenvalue weighted by Gasteiger charge is 2.04. The van der Waals surface area contributed by atoms with Crippen LogP contribution in [0.25, 0.3) is 0 Å². The summed E-state index contributed by atoms with van der Waals surface area (Å²) in [7, 11) is 0. The predicted octanol–water partition coefficient (Wildman–Crippen LogP) is 1.28. The summed E-state index contributed by atoms with van der Waals surface area (Å²) in [4.78, 5) is 0. The van der Waals surface area contributed by atoms with Gasteiger partial charge in [-0.25, -0.2) is 0 Å². The summed E-state index contributed by atoms with van der Waals surface area (Å²) in [5.74, 6) is 0. The lowest BCUT2D eigenvalue weighted by Crippen LogP contribution is -2.11. The third kappa shape index (κ3) is 2.27. The number of nitrogens with two attached hydrogens (primary N) is 1. The molecule has 1 unspecified atom stereocenters. The second-order valence-corrected chi connectivity index (χ2v) is 2.54. The van der Waals surface area contributed by atoms with E-state index in [9.17, 15) is 0 Å². The molecule has 1 rings (SSSR count). The van der Waals surface area contributed by atoms with Crippen molar-refractivity contribution in [2.75, 3.05) is 0 Å². The molecule has 3 nitrogen and oxygen atoms in total. The quantitative estimate of drug-likeness (QED) is 0.707. The number of aromatic nitrogens is 2. The first-order valence-electron chi connectivity index (χ1n) is 3.87. The van der Waals surface area contributed by atoms with Crippen molar-refractivity contribution in [3.63, 3.8) is 0 Å². The molecule has 1 atom stereocenters. The number of hydrogen-bond acceptors (Lipinski definition) is 3. The summed E-state index contributed by atoms with van der Waals surface area (Å²) < 4.78 is 0. The number of rotatable bonds is 3. The molecular formula is C8H13N3. The highest BCUT2D eigenvalue weighted by Crippen LogP contribution is 2.10. The van der Waals surface area contributed by atoms with Gasteiger partial charge in [0.15, 0.2) is 0 Å². The summed E-state index contributed by atoms with van der Waals surface area (Å²) in [6.07, 6.45) is 3.71. The molecule has 1 heterocycles. The largest absolute Gasteiger partial charge is 0.323 e. The zero-order chi connectivity index (χ0) is 8.10. The Balaban J connectivity index is 2.61. The summed E-state index contributed by atoms with van der Waals surface area (Å²) >= 11 is 0. The average Bonchev–Trinajstić information content (AvgIpc) is 2.07. The molecule has 0 aliphatic heterocycles. The minimum absolute atomic E-state index is 0.0497. The van der Waals surface area contributed by atoms with E-state index in [2.05, 4.69) is 17.1 Å². The van der Waals surface area contributed by atoms with E-state index < -0.39 is 0 Å². The Morgan fingerprint density at radius 1 is 1.64 bits per heavy atom. The molecule has 0 radical (unpaired) electrons. The lowest BCUT2D eigenvalue weighted by molar-refractivity contribution is 0.612. The van der Waals surface area contributed by atoms with Gasteiger partial charge in [-0.1, -0.05) is 13.3 Å². The zero-order valence-corrected chi connectivity index (χ0v) is 6.70. The van der Waals surface area contributed by atoms with Crippen LogP contribution in [0.1, 0.15) is 31.5 Å². The average molecular weight is 151 g/mol. The second-order valence-electron chi connectivity index (χ2n) is 2.54. The first-order chi connectivity index (χ1) is 5.34. The van der Waals surface area contributed by atoms with Crippen molar-refractivity contribution in [2.24, 2.45) is 5.73 Å². The van der Waals surface area contributed by atoms with Crippen LogP contribution in [0, 0.1) is 0 Å². The third-order valence-electron chi connectivity index (χ3n) is 1.57. The summed E-state index contributed by atoms with van der Waals surface area (Å²) in [6.45, 7) is 2.11. The fourth-order valence-corrected chi connectivity index (χ4v) is 0.970. The van der Waals surface area contributed by atoms with Crippen molar-refractivity contribution in [2.45, 2.75) is 25.8 Å². The molecule has 60 valence electrons. The van der Waals surface area contributed by atoms with Crippen molar-refractivity contribution in [1.29, 1.82) is 0 Å². The molecule has 0 saturated carbocycles. The van der Waals surface area contributed by atoms with Gasteiger partial charge in [-0.3, -0.25) is 0 Å². The van der Waals surface area contributed by atoms with Crippen molar-refractivity contribution in [1.82, 2.24) is 10.2 Å². The summed E-state index contributed by atoms with van der Waals surface area (Å²) in [5, 5.41) is 7.68. The fraction of sp³-hybridized carbons (Fsp3) is 0.500. The minimum atomic E-state index is 0.0497. The Labute approximate surface area is 66.6 Å². The smallest absolute Gasteiger partial charge is 0.0798 e. The Hall–Kier alpha value is -0.960. The van der Waals surface area contributed by atoms with Gasteiger partial charge >= 0.3 is 0 Å². The van der Waals surface area contributed by atoms with Gasteiger partial charge in [0.05, 0.1) is 5.69 Å². The molecule has 0 fully saturated rings. The standard InChI is InChI=1S/C8H13N3/c1-2-4-7(9)8-5-3-6-10-11-8/h3,5-7H,2,4,9H2,1H3. The topological polar surface area (TPSA) is 51.8 Å². The molecule has 0 aliphatic rings. The maximum atomic E-state index is 5.80. The third-order valence-corrected chi connectivity index (χ3v) is 1.57. The van der Waals surface area contributed by atoms with Gasteiger partial charge in [0.2, 0.25) is 0 Å². The van der Waals surface area contributed by atoms with Crippen LogP contribution in [-0.2, 0) is 0 Å². The first-order valence-corrected chi connectivity index (χ1v) is 3.87. The molecule has 11 heavy (non-hydrogen) atoms. The van der Waals surface area contributed by atoms with Gasteiger partial charge in [-0.15, -0.1) is 0 Å². The first kappa shape index (κ1) is 8.14. The second kappa shape index (κ2) is 4.03. The monoisotopic (exact) mass is 151 g/mol. The van der Waals surface area contributed by atoms with E-state index in [1.807, 2.05) is 12.1 Å². The lowest BCUT2D eigenvalue weighted by atomic mass is 10.1. The van der Waals surface area contributed by atoms with E-state index in [1.165, 1.54) is 0 Å². The Morgan fingerprint density at radius 2 is 2.45 bits per heavy atom. The molecule has 3 heteroatoms. The van der Waals surface area contributed by atoms with Crippen LogP contribution in [0.3, 0.4) is 0 Å². The van der Waals surface area contributed by atoms with Crippen LogP contribution in [0.15, 0.2) is 18.3 Å². The molecule has 0 amide bonds. The van der Waals surface area contributed by atoms with Gasteiger partial charge in [-0.2, -0.15) is 10.2 Å². The molecule has 0 aromatic carbocycles. The van der Waals surface area contributed by atoms with Crippen molar-refractivity contribution in [3.05, 3.63) is 24.0 Å². The van der Waals surface area contributed by atoms with Crippen molar-refractivity contribution < 1.29 is 0 Å². The lowest BCUT2D eigenvalue weighted by Gasteiger charge is -2.06. The molecule has 0 aliphatic carbocycles. The van der Waals surface area contributed by atoms with E-state index >= 15 is 0 Å². The van der Waals surface area contributed by atoms with Gasteiger partial charge in [0.1, 0.15) is 0 Å². The molecule has 2 N–H and O–H groups in total. The molecular weight excluding hydrogens is 138 g/mol. The highest BCUT2D eigenvalue weighted by atomic mass is 15.1. The Morgan fingerprint density at radius 3 is 3.00 bits per heavy atom. The van der Waals surface area contributed by atoms with Crippen LogP contribution in [0.2, 0.25) is 0 Å². The SMILES string of the molecule is CCCC(N)c1cccnn1. The molecule has 0 bridgehead atoms. The molecule has 1 aromatic rings. The van der Waals surface area contributed by atoms with Crippen LogP contribution in [0.5, 0.6) is 0 Å². The summed E-state index contributed by atoms with van der Waals surface area (Å²) in [6, 6.07) is 3.82. The van der Waals surface area contributed by atoms with Crippen LogP contribution in [0.4, 0.5) is 0 Å². The van der Waals surface area contributed by atoms with Crippen LogP contribution in [-0.4, -0.2) is 10.2 Å². The van der Waals surface area contributed by atoms with Crippen molar-refractivity contribution >= 4 is 0 Å². The van der Waals surface area contributed by atoms with Gasteiger partial charge < -0.3 is 5.73 Å². The van der Waals surface area contributed by atoms with E-state index in [0.717, 1.165) is 18.5 Å². The van der Waals surface area contributed by atoms with E-state index in [0.29, 0.717) is 0 Å². The van der Waals surface area contributed by atoms with E-state index in [4.69, 9.17) is 5.73 Å². The summed E-state index contributed by atoms with van der Waals surface area (Å²) in [5.41, 5.74) is 6.69. The normalized spacial score (nSPS) is 12.9. The van der Waals surface area contributed by atoms with E-state index in [1.54, 1.807) is 6.20 Å². The van der Waals surface area contributed by atoms with Crippen LogP contribution >= 0.6 is 0 Å². The fourth-order valence-electron chi connectivity index (χ4n) is 0.970. The Bertz CT molecular complexity index is 198. The Kier molecular flexibility index (Phi) is 2.98. The maximum Gasteiger partial charge on any atom is 0.0798 e. The number of nitrogens with zero attached hydrogens (tertiary/aromatic N) is 2.